The molecule has 0 saturated heterocycles. The summed E-state index contributed by atoms with van der Waals surface area (Å²) < 4.78 is 57.2. The third-order valence-electron chi connectivity index (χ3n) is 8.05. The van der Waals surface area contributed by atoms with Crippen LogP contribution < -0.4 is 5.32 Å². The molecule has 222 valence electrons. The average molecular weight is 614 g/mol. The molecule has 1 saturated carbocycles. The number of anilines is 1. The molecular formula is C31H34ClF2N5O2S. The molecule has 0 bridgehead atoms. The van der Waals surface area contributed by atoms with Gasteiger partial charge in [-0.05, 0) is 77.4 Å². The van der Waals surface area contributed by atoms with Gasteiger partial charge in [0.25, 0.3) is 0 Å². The predicted molar refractivity (Wildman–Crippen MR) is 162 cm³/mol. The number of nitrogens with one attached hydrogen (secondary N) is 1. The van der Waals surface area contributed by atoms with Gasteiger partial charge in [-0.25, -0.2) is 27.2 Å². The van der Waals surface area contributed by atoms with Crippen LogP contribution >= 0.6 is 11.6 Å². The summed E-state index contributed by atoms with van der Waals surface area (Å²) in [6.45, 7) is 3.44. The van der Waals surface area contributed by atoms with Crippen molar-refractivity contribution in [3.63, 3.8) is 0 Å². The van der Waals surface area contributed by atoms with Crippen LogP contribution in [0, 0.1) is 18.6 Å². The molecule has 0 spiro atoms. The van der Waals surface area contributed by atoms with Crippen molar-refractivity contribution in [3.8, 4) is 11.1 Å². The van der Waals surface area contributed by atoms with Crippen LogP contribution in [0.25, 0.3) is 22.0 Å². The minimum absolute atomic E-state index is 0.0499. The molecule has 1 fully saturated rings. The normalized spacial score (nSPS) is 17.6. The van der Waals surface area contributed by atoms with Gasteiger partial charge in [-0.2, -0.15) is 0 Å². The topological polar surface area (TPSA) is 88.1 Å². The number of sulfone groups is 1. The zero-order chi connectivity index (χ0) is 30.2. The van der Waals surface area contributed by atoms with E-state index in [1.807, 2.05) is 6.92 Å². The predicted octanol–water partition coefficient (Wildman–Crippen LogP) is 6.75. The molecule has 0 aliphatic heterocycles. The van der Waals surface area contributed by atoms with Crippen molar-refractivity contribution in [3.05, 3.63) is 76.2 Å². The SMILES string of the molecule is CCc1c(F)c(-c2cc(F)c(CS(=O)(=O)c3ccccc3Cl)nc2C)cc2cnc(NC3CCC(N(C)C)CC3)nc12. The first-order chi connectivity index (χ1) is 20.0. The maximum absolute atomic E-state index is 16.0. The highest BCUT2D eigenvalue weighted by molar-refractivity contribution is 7.90. The molecule has 2 heterocycles. The monoisotopic (exact) mass is 613 g/mol. The molecule has 7 nitrogen and oxygen atoms in total. The van der Waals surface area contributed by atoms with E-state index < -0.39 is 27.2 Å². The van der Waals surface area contributed by atoms with E-state index in [1.54, 1.807) is 31.3 Å². The molecule has 4 aromatic rings. The van der Waals surface area contributed by atoms with Gasteiger partial charge in [-0.15, -0.1) is 0 Å². The summed E-state index contributed by atoms with van der Waals surface area (Å²) in [4.78, 5) is 15.6. The van der Waals surface area contributed by atoms with Crippen LogP contribution in [-0.4, -0.2) is 54.4 Å². The van der Waals surface area contributed by atoms with Crippen LogP contribution in [0.1, 0.15) is 49.6 Å². The number of aromatic nitrogens is 3. The maximum Gasteiger partial charge on any atom is 0.223 e. The maximum atomic E-state index is 16.0. The van der Waals surface area contributed by atoms with Crippen LogP contribution in [0.3, 0.4) is 0 Å². The number of pyridine rings is 1. The fraction of sp³-hybridized carbons (Fsp3) is 0.387. The fourth-order valence-corrected chi connectivity index (χ4v) is 7.55. The lowest BCUT2D eigenvalue weighted by Crippen LogP contribution is -2.36. The van der Waals surface area contributed by atoms with Crippen molar-refractivity contribution in [1.82, 2.24) is 19.9 Å². The van der Waals surface area contributed by atoms with Gasteiger partial charge < -0.3 is 10.2 Å². The van der Waals surface area contributed by atoms with Crippen LogP contribution in [0.15, 0.2) is 47.5 Å². The van der Waals surface area contributed by atoms with Crippen LogP contribution in [0.2, 0.25) is 5.02 Å². The molecule has 0 unspecified atom stereocenters. The highest BCUT2D eigenvalue weighted by atomic mass is 35.5. The average Bonchev–Trinajstić information content (AvgIpc) is 2.95. The first-order valence-corrected chi connectivity index (χ1v) is 16.1. The van der Waals surface area contributed by atoms with Gasteiger partial charge in [0.1, 0.15) is 17.4 Å². The highest BCUT2D eigenvalue weighted by Crippen LogP contribution is 2.35. The fourth-order valence-electron chi connectivity index (χ4n) is 5.69. The van der Waals surface area contributed by atoms with E-state index in [9.17, 15) is 8.42 Å². The third-order valence-corrected chi connectivity index (χ3v) is 10.2. The lowest BCUT2D eigenvalue weighted by molar-refractivity contribution is 0.221. The summed E-state index contributed by atoms with van der Waals surface area (Å²) in [5.41, 5.74) is 1.34. The standard InChI is InChI=1S/C31H34ClF2N5O2S/c1-5-22-29(34)24(14-19-16-35-31(38-30(19)22)37-20-10-12-21(13-11-20)39(3)4)23-15-26(33)27(36-18(23)2)17-42(40,41)28-9-7-6-8-25(28)32/h6-9,14-16,20-21H,5,10-13,17H2,1-4H3,(H,35,37,38). The van der Waals surface area contributed by atoms with Gasteiger partial charge in [0.2, 0.25) is 5.95 Å². The second-order valence-corrected chi connectivity index (χ2v) is 13.4. The molecular weight excluding hydrogens is 580 g/mol. The number of halogens is 3. The smallest absolute Gasteiger partial charge is 0.223 e. The molecule has 2 aromatic heterocycles. The van der Waals surface area contributed by atoms with Gasteiger partial charge in [-0.3, -0.25) is 4.98 Å². The Kier molecular flexibility index (Phi) is 8.78. The van der Waals surface area contributed by atoms with E-state index in [4.69, 9.17) is 11.6 Å². The summed E-state index contributed by atoms with van der Waals surface area (Å²) in [6.07, 6.45) is 6.21. The van der Waals surface area contributed by atoms with Crippen LogP contribution in [-0.2, 0) is 22.0 Å². The Bertz CT molecular complexity index is 1740. The molecule has 11 heteroatoms. The van der Waals surface area contributed by atoms with Crippen molar-refractivity contribution < 1.29 is 17.2 Å². The lowest BCUT2D eigenvalue weighted by Gasteiger charge is -2.33. The van der Waals surface area contributed by atoms with E-state index >= 15 is 8.78 Å². The van der Waals surface area contributed by atoms with Crippen LogP contribution in [0.4, 0.5) is 14.7 Å². The number of aryl methyl sites for hydroxylation is 2. The molecule has 2 aromatic carbocycles. The van der Waals surface area contributed by atoms with Gasteiger partial charge in [0.05, 0.1) is 21.1 Å². The molecule has 1 aliphatic rings. The minimum Gasteiger partial charge on any atom is -0.351 e. The number of fused-ring (bicyclic) bond motifs is 1. The second kappa shape index (κ2) is 12.2. The Labute approximate surface area is 250 Å². The number of hydrogen-bond donors (Lipinski definition) is 1. The number of nitrogens with zero attached hydrogens (tertiary/aromatic N) is 4. The molecule has 1 N–H and O–H groups in total. The first-order valence-electron chi connectivity index (χ1n) is 14.0. The number of hydrogen-bond acceptors (Lipinski definition) is 7. The van der Waals surface area contributed by atoms with Crippen molar-refractivity contribution in [2.75, 3.05) is 19.4 Å². The third kappa shape index (κ3) is 6.11. The first kappa shape index (κ1) is 30.3. The molecule has 5 rings (SSSR count). The molecule has 1 aliphatic carbocycles. The van der Waals surface area contributed by atoms with E-state index in [0.29, 0.717) is 40.6 Å². The van der Waals surface area contributed by atoms with Crippen molar-refractivity contribution in [2.24, 2.45) is 0 Å². The second-order valence-electron chi connectivity index (χ2n) is 11.1. The molecule has 0 radical (unpaired) electrons. The molecule has 42 heavy (non-hydrogen) atoms. The Morgan fingerprint density at radius 1 is 1.05 bits per heavy atom. The van der Waals surface area contributed by atoms with E-state index in [1.165, 1.54) is 12.1 Å². The summed E-state index contributed by atoms with van der Waals surface area (Å²) in [5.74, 6) is -1.57. The van der Waals surface area contributed by atoms with Crippen LogP contribution in [0.5, 0.6) is 0 Å². The largest absolute Gasteiger partial charge is 0.351 e. The number of rotatable bonds is 8. The summed E-state index contributed by atoms with van der Waals surface area (Å²) >= 11 is 6.07. The quantitative estimate of drug-likeness (QED) is 0.235. The summed E-state index contributed by atoms with van der Waals surface area (Å²) in [7, 11) is 0.245. The Morgan fingerprint density at radius 3 is 2.43 bits per heavy atom. The summed E-state index contributed by atoms with van der Waals surface area (Å²) in [5, 5.41) is 4.10. The Hall–Kier alpha value is -3.21. The zero-order valence-corrected chi connectivity index (χ0v) is 25.7. The lowest BCUT2D eigenvalue weighted by atomic mass is 9.90. The van der Waals surface area contributed by atoms with E-state index in [2.05, 4.69) is 39.3 Å². The Balaban J connectivity index is 1.45. The van der Waals surface area contributed by atoms with Gasteiger partial charge >= 0.3 is 0 Å². The molecule has 0 atom stereocenters. The molecule has 0 amide bonds. The van der Waals surface area contributed by atoms with Gasteiger partial charge in [0.15, 0.2) is 9.84 Å². The van der Waals surface area contributed by atoms with E-state index in [-0.39, 0.29) is 32.8 Å². The van der Waals surface area contributed by atoms with Crippen molar-refractivity contribution >= 4 is 38.3 Å². The van der Waals surface area contributed by atoms with Gasteiger partial charge in [-0.1, -0.05) is 30.7 Å². The zero-order valence-electron chi connectivity index (χ0n) is 24.1. The highest BCUT2D eigenvalue weighted by Gasteiger charge is 2.25. The van der Waals surface area contributed by atoms with Crippen molar-refractivity contribution in [1.29, 1.82) is 0 Å². The minimum atomic E-state index is -3.96. The van der Waals surface area contributed by atoms with Crippen molar-refractivity contribution in [2.45, 2.75) is 68.7 Å². The van der Waals surface area contributed by atoms with Gasteiger partial charge in [0, 0.05) is 46.1 Å². The number of benzene rings is 2. The Morgan fingerprint density at radius 2 is 1.76 bits per heavy atom. The van der Waals surface area contributed by atoms with E-state index in [0.717, 1.165) is 31.7 Å². The summed E-state index contributed by atoms with van der Waals surface area (Å²) in [6, 6.07) is 9.55.